The van der Waals surface area contributed by atoms with Gasteiger partial charge in [-0.3, -0.25) is 9.59 Å². The third-order valence-electron chi connectivity index (χ3n) is 2.77. The van der Waals surface area contributed by atoms with E-state index in [9.17, 15) is 14.4 Å². The van der Waals surface area contributed by atoms with Gasteiger partial charge in [-0.05, 0) is 24.3 Å². The van der Waals surface area contributed by atoms with Crippen molar-refractivity contribution in [3.05, 3.63) is 58.0 Å². The molecule has 0 aliphatic heterocycles. The van der Waals surface area contributed by atoms with Gasteiger partial charge in [-0.15, -0.1) is 0 Å². The zero-order valence-corrected chi connectivity index (χ0v) is 11.0. The molecular weight excluding hydrogens is 276 g/mol. The van der Waals surface area contributed by atoms with E-state index in [0.29, 0.717) is 5.75 Å². The summed E-state index contributed by atoms with van der Waals surface area (Å²) in [6.07, 6.45) is 1.40. The minimum Gasteiger partial charge on any atom is -0.497 e. The number of aromatic carboxylic acids is 1. The Bertz CT molecular complexity index is 751. The van der Waals surface area contributed by atoms with Crippen LogP contribution in [-0.4, -0.2) is 29.1 Å². The number of carbonyl (C=O) groups excluding carboxylic acids is 1. The summed E-state index contributed by atoms with van der Waals surface area (Å²) in [5.41, 5.74) is -0.724. The maximum absolute atomic E-state index is 12.0. The van der Waals surface area contributed by atoms with Crippen molar-refractivity contribution < 1.29 is 19.4 Å². The molecule has 0 fully saturated rings. The van der Waals surface area contributed by atoms with Crippen LogP contribution in [0.1, 0.15) is 20.7 Å². The van der Waals surface area contributed by atoms with Gasteiger partial charge in [0.2, 0.25) is 0 Å². The number of rotatable bonds is 4. The number of hydrogen-bond donors (Lipinski definition) is 3. The van der Waals surface area contributed by atoms with E-state index in [-0.39, 0.29) is 16.8 Å². The Morgan fingerprint density at radius 2 is 2.00 bits per heavy atom. The number of hydrogen-bond acceptors (Lipinski definition) is 4. The average molecular weight is 288 g/mol. The van der Waals surface area contributed by atoms with Gasteiger partial charge < -0.3 is 20.1 Å². The lowest BCUT2D eigenvalue weighted by Crippen LogP contribution is -2.23. The number of carboxylic acid groups (broad SMARTS) is 1. The number of H-pyrrole nitrogens is 1. The van der Waals surface area contributed by atoms with Crippen LogP contribution in [0.2, 0.25) is 0 Å². The number of carboxylic acids is 1. The zero-order chi connectivity index (χ0) is 15.4. The molecule has 0 atom stereocenters. The first-order valence-corrected chi connectivity index (χ1v) is 5.93. The highest BCUT2D eigenvalue weighted by Gasteiger charge is 2.16. The number of methoxy groups -OCH3 is 1. The van der Waals surface area contributed by atoms with Crippen molar-refractivity contribution in [2.75, 3.05) is 12.4 Å². The normalized spacial score (nSPS) is 9.95. The van der Waals surface area contributed by atoms with Gasteiger partial charge in [-0.1, -0.05) is 0 Å². The summed E-state index contributed by atoms with van der Waals surface area (Å²) in [6, 6.07) is 6.99. The Hall–Kier alpha value is -3.09. The lowest BCUT2D eigenvalue weighted by atomic mass is 10.1. The molecule has 0 spiro atoms. The molecule has 0 bridgehead atoms. The zero-order valence-electron chi connectivity index (χ0n) is 11.0. The monoisotopic (exact) mass is 288 g/mol. The van der Waals surface area contributed by atoms with E-state index in [4.69, 9.17) is 9.84 Å². The fraction of sp³-hybridized carbons (Fsp3) is 0.0714. The molecule has 1 aromatic carbocycles. The summed E-state index contributed by atoms with van der Waals surface area (Å²) < 4.78 is 4.99. The highest BCUT2D eigenvalue weighted by molar-refractivity contribution is 6.07. The van der Waals surface area contributed by atoms with Gasteiger partial charge in [0.25, 0.3) is 11.5 Å². The predicted octanol–water partition coefficient (Wildman–Crippen LogP) is 1.33. The molecular formula is C14H12N2O5. The van der Waals surface area contributed by atoms with Crippen LogP contribution in [-0.2, 0) is 0 Å². The molecule has 2 rings (SSSR count). The van der Waals surface area contributed by atoms with Gasteiger partial charge in [-0.2, -0.15) is 0 Å². The van der Waals surface area contributed by atoms with Crippen molar-refractivity contribution in [1.82, 2.24) is 4.98 Å². The number of benzene rings is 1. The number of pyridine rings is 1. The average Bonchev–Trinajstić information content (AvgIpc) is 2.47. The first kappa shape index (κ1) is 14.3. The van der Waals surface area contributed by atoms with Crippen molar-refractivity contribution in [1.29, 1.82) is 0 Å². The molecule has 0 saturated heterocycles. The molecule has 0 saturated carbocycles. The third-order valence-corrected chi connectivity index (χ3v) is 2.77. The molecule has 7 heteroatoms. The molecule has 0 aliphatic carbocycles. The van der Waals surface area contributed by atoms with E-state index in [0.717, 1.165) is 0 Å². The Balaban J connectivity index is 2.38. The van der Waals surface area contributed by atoms with Crippen LogP contribution in [0.4, 0.5) is 5.69 Å². The van der Waals surface area contributed by atoms with E-state index in [2.05, 4.69) is 10.3 Å². The second-order valence-corrected chi connectivity index (χ2v) is 4.08. The molecule has 0 radical (unpaired) electrons. The SMILES string of the molecule is COc1ccc(C(=O)O)c(NC(=O)c2ccc[nH]c2=O)c1. The van der Waals surface area contributed by atoms with Crippen LogP contribution in [0.25, 0.3) is 0 Å². The van der Waals surface area contributed by atoms with Crippen LogP contribution in [0.3, 0.4) is 0 Å². The number of aromatic amines is 1. The topological polar surface area (TPSA) is 108 Å². The first-order chi connectivity index (χ1) is 10.0. The van der Waals surface area contributed by atoms with Gasteiger partial charge in [-0.25, -0.2) is 4.79 Å². The van der Waals surface area contributed by atoms with E-state index in [1.807, 2.05) is 0 Å². The van der Waals surface area contributed by atoms with E-state index in [1.54, 1.807) is 0 Å². The van der Waals surface area contributed by atoms with Gasteiger partial charge in [0.15, 0.2) is 0 Å². The quantitative estimate of drug-likeness (QED) is 0.786. The van der Waals surface area contributed by atoms with Crippen molar-refractivity contribution >= 4 is 17.6 Å². The minimum atomic E-state index is -1.20. The largest absolute Gasteiger partial charge is 0.497 e. The maximum atomic E-state index is 12.0. The molecule has 1 amide bonds. The molecule has 21 heavy (non-hydrogen) atoms. The van der Waals surface area contributed by atoms with Crippen LogP contribution in [0.15, 0.2) is 41.3 Å². The summed E-state index contributed by atoms with van der Waals surface area (Å²) in [4.78, 5) is 37.1. The predicted molar refractivity (Wildman–Crippen MR) is 75.0 cm³/mol. The summed E-state index contributed by atoms with van der Waals surface area (Å²) in [7, 11) is 1.42. The van der Waals surface area contributed by atoms with Crippen LogP contribution in [0.5, 0.6) is 5.75 Å². The standard InChI is InChI=1S/C14H12N2O5/c1-21-8-4-5-9(14(19)20)11(7-8)16-13(18)10-3-2-6-15-12(10)17/h2-7H,1H3,(H,15,17)(H,16,18)(H,19,20). The van der Waals surface area contributed by atoms with Gasteiger partial charge >= 0.3 is 5.97 Å². The number of anilines is 1. The Kier molecular flexibility index (Phi) is 4.03. The van der Waals surface area contributed by atoms with E-state index in [1.165, 1.54) is 43.6 Å². The smallest absolute Gasteiger partial charge is 0.337 e. The molecule has 0 unspecified atom stereocenters. The minimum absolute atomic E-state index is 0.0510. The van der Waals surface area contributed by atoms with Crippen molar-refractivity contribution in [3.63, 3.8) is 0 Å². The number of amides is 1. The molecule has 3 N–H and O–H groups in total. The van der Waals surface area contributed by atoms with E-state index >= 15 is 0 Å². The number of aromatic nitrogens is 1. The third kappa shape index (κ3) is 3.08. The Morgan fingerprint density at radius 1 is 1.24 bits per heavy atom. The fourth-order valence-corrected chi connectivity index (χ4v) is 1.73. The van der Waals surface area contributed by atoms with Gasteiger partial charge in [0.05, 0.1) is 18.4 Å². The van der Waals surface area contributed by atoms with Crippen molar-refractivity contribution in [3.8, 4) is 5.75 Å². The lowest BCUT2D eigenvalue weighted by molar-refractivity contribution is 0.0698. The van der Waals surface area contributed by atoms with Crippen LogP contribution >= 0.6 is 0 Å². The van der Waals surface area contributed by atoms with Crippen LogP contribution < -0.4 is 15.6 Å². The highest BCUT2D eigenvalue weighted by atomic mass is 16.5. The molecule has 1 aromatic heterocycles. The number of carbonyl (C=O) groups is 2. The fourth-order valence-electron chi connectivity index (χ4n) is 1.73. The first-order valence-electron chi connectivity index (χ1n) is 5.93. The Labute approximate surface area is 119 Å². The molecule has 7 nitrogen and oxygen atoms in total. The summed E-state index contributed by atoms with van der Waals surface area (Å²) in [5.74, 6) is -1.51. The number of ether oxygens (including phenoxy) is 1. The number of nitrogens with one attached hydrogen (secondary N) is 2. The molecule has 108 valence electrons. The van der Waals surface area contributed by atoms with Crippen molar-refractivity contribution in [2.24, 2.45) is 0 Å². The second-order valence-electron chi connectivity index (χ2n) is 4.08. The maximum Gasteiger partial charge on any atom is 0.337 e. The lowest BCUT2D eigenvalue weighted by Gasteiger charge is -2.10. The van der Waals surface area contributed by atoms with E-state index < -0.39 is 17.4 Å². The summed E-state index contributed by atoms with van der Waals surface area (Å²) in [5, 5.41) is 11.5. The van der Waals surface area contributed by atoms with Crippen LogP contribution in [0, 0.1) is 0 Å². The molecule has 1 heterocycles. The molecule has 2 aromatic rings. The Morgan fingerprint density at radius 3 is 2.62 bits per heavy atom. The highest BCUT2D eigenvalue weighted by Crippen LogP contribution is 2.23. The summed E-state index contributed by atoms with van der Waals surface area (Å²) >= 11 is 0. The van der Waals surface area contributed by atoms with Crippen molar-refractivity contribution in [2.45, 2.75) is 0 Å². The molecule has 0 aliphatic rings. The van der Waals surface area contributed by atoms with Gasteiger partial charge in [0.1, 0.15) is 11.3 Å². The second kappa shape index (κ2) is 5.91. The van der Waals surface area contributed by atoms with Gasteiger partial charge in [0, 0.05) is 12.3 Å². The summed E-state index contributed by atoms with van der Waals surface area (Å²) in [6.45, 7) is 0.